The van der Waals surface area contributed by atoms with Crippen molar-refractivity contribution in [3.63, 3.8) is 0 Å². The molecule has 5 rings (SSSR count). The number of anilines is 3. The largest absolute Gasteiger partial charge is 0.337 e. The summed E-state index contributed by atoms with van der Waals surface area (Å²) in [4.78, 5) is 9.38. The van der Waals surface area contributed by atoms with Crippen molar-refractivity contribution in [2.24, 2.45) is 0 Å². The third-order valence-corrected chi connectivity index (χ3v) is 6.57. The zero-order chi connectivity index (χ0) is 22.8. The van der Waals surface area contributed by atoms with Crippen LogP contribution in [0, 0.1) is 6.92 Å². The van der Waals surface area contributed by atoms with Crippen molar-refractivity contribution in [1.82, 2.24) is 14.4 Å². The highest BCUT2D eigenvalue weighted by Crippen LogP contribution is 2.25. The molecule has 0 fully saturated rings. The van der Waals surface area contributed by atoms with E-state index in [9.17, 15) is 8.42 Å². The van der Waals surface area contributed by atoms with Crippen molar-refractivity contribution in [3.05, 3.63) is 103 Å². The maximum atomic E-state index is 12.6. The fraction of sp³-hybridized carbons (Fsp3) is 0.0400. The molecule has 0 bridgehead atoms. The van der Waals surface area contributed by atoms with Crippen LogP contribution in [0.5, 0.6) is 0 Å². The standard InChI is InChI=1S/C25H21N5O2S/c1-18-7-13-22(14-8-18)33(31,32)29-21-11-9-20(10-12-21)27-24-25-26-15-16-30(25)17-23(28-24)19-5-3-2-4-6-19/h2-17,29H,1H3,(H,27,28). The minimum absolute atomic E-state index is 0.221. The maximum Gasteiger partial charge on any atom is 0.261 e. The highest BCUT2D eigenvalue weighted by molar-refractivity contribution is 7.92. The predicted octanol–water partition coefficient (Wildman–Crippen LogP) is 5.25. The number of aryl methyl sites for hydroxylation is 1. The second kappa shape index (κ2) is 8.40. The SMILES string of the molecule is Cc1ccc(S(=O)(=O)Nc2ccc(Nc3nc(-c4ccccc4)cn4ccnc34)cc2)cc1. The first-order chi connectivity index (χ1) is 16.0. The molecule has 7 nitrogen and oxygen atoms in total. The van der Waals surface area contributed by atoms with Gasteiger partial charge in [-0.15, -0.1) is 0 Å². The van der Waals surface area contributed by atoms with Gasteiger partial charge in [0.05, 0.1) is 10.6 Å². The van der Waals surface area contributed by atoms with E-state index in [-0.39, 0.29) is 4.90 Å². The number of nitrogens with zero attached hydrogens (tertiary/aromatic N) is 3. The van der Waals surface area contributed by atoms with Crippen molar-refractivity contribution in [1.29, 1.82) is 0 Å². The minimum atomic E-state index is -3.66. The van der Waals surface area contributed by atoms with Crippen LogP contribution in [0.1, 0.15) is 5.56 Å². The Morgan fingerprint density at radius 3 is 2.27 bits per heavy atom. The van der Waals surface area contributed by atoms with Gasteiger partial charge in [0.2, 0.25) is 0 Å². The number of hydrogen-bond donors (Lipinski definition) is 2. The molecule has 3 aromatic carbocycles. The van der Waals surface area contributed by atoms with E-state index in [4.69, 9.17) is 4.98 Å². The molecule has 164 valence electrons. The summed E-state index contributed by atoms with van der Waals surface area (Å²) < 4.78 is 29.8. The van der Waals surface area contributed by atoms with Crippen LogP contribution in [0.25, 0.3) is 16.9 Å². The van der Waals surface area contributed by atoms with E-state index in [1.807, 2.05) is 54.0 Å². The van der Waals surface area contributed by atoms with Crippen molar-refractivity contribution in [2.45, 2.75) is 11.8 Å². The molecule has 2 N–H and O–H groups in total. The van der Waals surface area contributed by atoms with Crippen LogP contribution in [0.2, 0.25) is 0 Å². The first kappa shape index (κ1) is 20.7. The molecule has 2 heterocycles. The Kier molecular flexibility index (Phi) is 5.27. The molecule has 0 aliphatic carbocycles. The third kappa shape index (κ3) is 4.42. The van der Waals surface area contributed by atoms with Gasteiger partial charge in [0.1, 0.15) is 0 Å². The van der Waals surface area contributed by atoms with E-state index in [0.29, 0.717) is 17.2 Å². The zero-order valence-corrected chi connectivity index (χ0v) is 18.6. The van der Waals surface area contributed by atoms with Crippen molar-refractivity contribution < 1.29 is 8.42 Å². The molecule has 0 aliphatic heterocycles. The van der Waals surface area contributed by atoms with Crippen molar-refractivity contribution in [3.8, 4) is 11.3 Å². The van der Waals surface area contributed by atoms with Gasteiger partial charge in [0.25, 0.3) is 10.0 Å². The van der Waals surface area contributed by atoms with Crippen LogP contribution in [-0.4, -0.2) is 22.8 Å². The number of rotatable bonds is 6. The number of sulfonamides is 1. The first-order valence-electron chi connectivity index (χ1n) is 10.3. The van der Waals surface area contributed by atoms with Crippen LogP contribution in [0.3, 0.4) is 0 Å². The Morgan fingerprint density at radius 2 is 1.55 bits per heavy atom. The molecule has 2 aromatic heterocycles. The molecular weight excluding hydrogens is 434 g/mol. The van der Waals surface area contributed by atoms with Crippen LogP contribution in [0.15, 0.2) is 102 Å². The van der Waals surface area contributed by atoms with Gasteiger partial charge in [-0.05, 0) is 43.3 Å². The quantitative estimate of drug-likeness (QED) is 0.365. The summed E-state index contributed by atoms with van der Waals surface area (Å²) in [5, 5.41) is 3.30. The number of fused-ring (bicyclic) bond motifs is 1. The summed E-state index contributed by atoms with van der Waals surface area (Å²) in [5.74, 6) is 0.606. The van der Waals surface area contributed by atoms with E-state index in [1.165, 1.54) is 0 Å². The Balaban J connectivity index is 1.39. The van der Waals surface area contributed by atoms with Crippen LogP contribution < -0.4 is 10.0 Å². The van der Waals surface area contributed by atoms with E-state index in [0.717, 1.165) is 22.5 Å². The molecular formula is C25H21N5O2S. The molecule has 0 saturated carbocycles. The van der Waals surface area contributed by atoms with Crippen LogP contribution >= 0.6 is 0 Å². The molecule has 8 heteroatoms. The predicted molar refractivity (Wildman–Crippen MR) is 130 cm³/mol. The molecule has 0 saturated heterocycles. The van der Waals surface area contributed by atoms with Crippen molar-refractivity contribution >= 4 is 32.9 Å². The van der Waals surface area contributed by atoms with E-state index < -0.39 is 10.0 Å². The number of nitrogens with one attached hydrogen (secondary N) is 2. The summed E-state index contributed by atoms with van der Waals surface area (Å²) >= 11 is 0. The number of aromatic nitrogens is 3. The van der Waals surface area contributed by atoms with Gasteiger partial charge >= 0.3 is 0 Å². The third-order valence-electron chi connectivity index (χ3n) is 5.17. The van der Waals surface area contributed by atoms with E-state index in [2.05, 4.69) is 15.0 Å². The smallest absolute Gasteiger partial charge is 0.261 e. The van der Waals surface area contributed by atoms with Gasteiger partial charge in [-0.3, -0.25) is 4.72 Å². The Hall–Kier alpha value is -4.17. The highest BCUT2D eigenvalue weighted by atomic mass is 32.2. The number of benzene rings is 3. The first-order valence-corrected chi connectivity index (χ1v) is 11.8. The molecule has 0 atom stereocenters. The Bertz CT molecular complexity index is 1510. The molecule has 5 aromatic rings. The van der Waals surface area contributed by atoms with Crippen molar-refractivity contribution in [2.75, 3.05) is 10.0 Å². The van der Waals surface area contributed by atoms with Gasteiger partial charge in [-0.1, -0.05) is 48.0 Å². The van der Waals surface area contributed by atoms with E-state index in [1.54, 1.807) is 54.7 Å². The lowest BCUT2D eigenvalue weighted by molar-refractivity contribution is 0.601. The normalized spacial score (nSPS) is 11.4. The zero-order valence-electron chi connectivity index (χ0n) is 17.8. The lowest BCUT2D eigenvalue weighted by Crippen LogP contribution is -2.12. The Morgan fingerprint density at radius 1 is 0.848 bits per heavy atom. The molecule has 0 spiro atoms. The summed E-state index contributed by atoms with van der Waals surface area (Å²) in [6.45, 7) is 1.91. The van der Waals surface area contributed by atoms with Gasteiger partial charge in [-0.25, -0.2) is 18.4 Å². The minimum Gasteiger partial charge on any atom is -0.337 e. The average Bonchev–Trinajstić information content (AvgIpc) is 3.30. The molecule has 0 radical (unpaired) electrons. The monoisotopic (exact) mass is 455 g/mol. The van der Waals surface area contributed by atoms with Gasteiger partial charge in [0, 0.05) is 35.5 Å². The van der Waals surface area contributed by atoms with Gasteiger partial charge < -0.3 is 9.72 Å². The summed E-state index contributed by atoms with van der Waals surface area (Å²) in [7, 11) is -3.66. The summed E-state index contributed by atoms with van der Waals surface area (Å²) in [5.41, 5.74) is 4.73. The number of imidazole rings is 1. The maximum absolute atomic E-state index is 12.6. The molecule has 0 unspecified atom stereocenters. The highest BCUT2D eigenvalue weighted by Gasteiger charge is 2.14. The summed E-state index contributed by atoms with van der Waals surface area (Å²) in [6, 6.07) is 23.6. The summed E-state index contributed by atoms with van der Waals surface area (Å²) in [6.07, 6.45) is 5.53. The van der Waals surface area contributed by atoms with Gasteiger partial charge in [-0.2, -0.15) is 0 Å². The second-order valence-corrected chi connectivity index (χ2v) is 9.30. The second-order valence-electron chi connectivity index (χ2n) is 7.62. The van der Waals surface area contributed by atoms with E-state index >= 15 is 0 Å². The Labute approximate surface area is 191 Å². The lowest BCUT2D eigenvalue weighted by atomic mass is 10.2. The fourth-order valence-electron chi connectivity index (χ4n) is 3.45. The molecule has 0 aliphatic rings. The molecule has 0 amide bonds. The number of hydrogen-bond acceptors (Lipinski definition) is 5. The lowest BCUT2D eigenvalue weighted by Gasteiger charge is -2.12. The average molecular weight is 456 g/mol. The topological polar surface area (TPSA) is 88.4 Å². The van der Waals surface area contributed by atoms with Crippen LogP contribution in [0.4, 0.5) is 17.2 Å². The van der Waals surface area contributed by atoms with Gasteiger partial charge in [0.15, 0.2) is 11.5 Å². The van der Waals surface area contributed by atoms with Crippen LogP contribution in [-0.2, 0) is 10.0 Å². The molecule has 33 heavy (non-hydrogen) atoms. The fourth-order valence-corrected chi connectivity index (χ4v) is 4.51.